The molecule has 0 aromatic heterocycles. The third-order valence-electron chi connectivity index (χ3n) is 4.74. The number of rotatable bonds is 6. The highest BCUT2D eigenvalue weighted by atomic mass is 32.2. The van der Waals surface area contributed by atoms with Crippen LogP contribution in [-0.2, 0) is 21.2 Å². The molecular weight excluding hydrogens is 453 g/mol. The zero-order chi connectivity index (χ0) is 23.7. The van der Waals surface area contributed by atoms with Gasteiger partial charge in [-0.15, -0.1) is 0 Å². The van der Waals surface area contributed by atoms with E-state index in [1.54, 1.807) is 16.7 Å². The van der Waals surface area contributed by atoms with Crippen molar-refractivity contribution < 1.29 is 36.0 Å². The van der Waals surface area contributed by atoms with Crippen molar-refractivity contribution >= 4 is 27.9 Å². The summed E-state index contributed by atoms with van der Waals surface area (Å²) in [4.78, 5) is 37.4. The number of carbonyl (C=O) groups excluding carboxylic acids is 3. The number of imide groups is 1. The summed E-state index contributed by atoms with van der Waals surface area (Å²) < 4.78 is 64.2. The van der Waals surface area contributed by atoms with E-state index in [2.05, 4.69) is 0 Å². The molecule has 0 bridgehead atoms. The van der Waals surface area contributed by atoms with Crippen molar-refractivity contribution in [1.82, 2.24) is 15.5 Å². The number of primary sulfonamides is 1. The van der Waals surface area contributed by atoms with E-state index in [1.807, 2.05) is 0 Å². The maximum atomic E-state index is 13.9. The fraction of sp³-hybridized carbons (Fsp3) is 0.211. The molecule has 0 aliphatic carbocycles. The Balaban J connectivity index is 1.80. The first-order valence-electron chi connectivity index (χ1n) is 9.05. The van der Waals surface area contributed by atoms with Gasteiger partial charge in [0.05, 0.1) is 4.90 Å². The number of nitrogens with two attached hydrogens (primary N) is 1. The third-order valence-corrected chi connectivity index (χ3v) is 5.67. The zero-order valence-electron chi connectivity index (χ0n) is 16.2. The highest BCUT2D eigenvalue weighted by Gasteiger charge is 2.68. The van der Waals surface area contributed by atoms with Crippen LogP contribution in [0.3, 0.4) is 0 Å². The van der Waals surface area contributed by atoms with Crippen LogP contribution in [0.25, 0.3) is 0 Å². The summed E-state index contributed by atoms with van der Waals surface area (Å²) >= 11 is 0. The van der Waals surface area contributed by atoms with Crippen molar-refractivity contribution in [2.24, 2.45) is 5.14 Å². The Hall–Kier alpha value is -3.45. The van der Waals surface area contributed by atoms with Crippen LogP contribution in [0.15, 0.2) is 59.5 Å². The van der Waals surface area contributed by atoms with E-state index < -0.39 is 46.3 Å². The Kier molecular flexibility index (Phi) is 5.98. The van der Waals surface area contributed by atoms with Gasteiger partial charge in [0.1, 0.15) is 0 Å². The molecule has 2 aromatic rings. The molecule has 2 aromatic carbocycles. The summed E-state index contributed by atoms with van der Waals surface area (Å²) in [5.41, 5.74) is -3.31. The average Bonchev–Trinajstić information content (AvgIpc) is 2.97. The lowest BCUT2D eigenvalue weighted by Gasteiger charge is -2.29. The lowest BCUT2D eigenvalue weighted by atomic mass is 10.1. The number of nitrogens with one attached hydrogen (secondary N) is 2. The predicted molar refractivity (Wildman–Crippen MR) is 104 cm³/mol. The van der Waals surface area contributed by atoms with Crippen LogP contribution >= 0.6 is 0 Å². The largest absolute Gasteiger partial charge is 0.440 e. The molecule has 32 heavy (non-hydrogen) atoms. The third kappa shape index (κ3) is 4.43. The maximum absolute atomic E-state index is 13.9. The number of sulfonamides is 1. The lowest BCUT2D eigenvalue weighted by Crippen LogP contribution is -2.69. The molecule has 0 radical (unpaired) electrons. The standard InChI is InChI=1S/C19H17F3N4O5S/c20-19(21,22)18(24-15(27)13-4-2-1-3-5-13)16(28)26(17(29)25-18)11-10-12-6-8-14(9-7-12)32(23,30)31/h1-9H,10-11H2,(H,24,27)(H,25,29)(H2,23,30,31)/t18-/m0/s1. The predicted octanol–water partition coefficient (Wildman–Crippen LogP) is 1.12. The quantitative estimate of drug-likeness (QED) is 0.543. The van der Waals surface area contributed by atoms with E-state index in [0.717, 1.165) is 0 Å². The van der Waals surface area contributed by atoms with Gasteiger partial charge in [-0.1, -0.05) is 30.3 Å². The van der Waals surface area contributed by atoms with Crippen molar-refractivity contribution in [2.45, 2.75) is 23.2 Å². The lowest BCUT2D eigenvalue weighted by molar-refractivity contribution is -0.200. The van der Waals surface area contributed by atoms with Crippen molar-refractivity contribution in [3.05, 3.63) is 65.7 Å². The number of amides is 4. The van der Waals surface area contributed by atoms with Crippen molar-refractivity contribution in [1.29, 1.82) is 0 Å². The van der Waals surface area contributed by atoms with E-state index in [4.69, 9.17) is 5.14 Å². The topological polar surface area (TPSA) is 139 Å². The van der Waals surface area contributed by atoms with Gasteiger partial charge in [0.2, 0.25) is 10.0 Å². The van der Waals surface area contributed by atoms with Gasteiger partial charge >= 0.3 is 12.2 Å². The first kappa shape index (κ1) is 23.2. The molecule has 0 unspecified atom stereocenters. The fourth-order valence-corrected chi connectivity index (χ4v) is 3.56. The van der Waals surface area contributed by atoms with E-state index >= 15 is 0 Å². The van der Waals surface area contributed by atoms with E-state index in [0.29, 0.717) is 10.5 Å². The van der Waals surface area contributed by atoms with Crippen molar-refractivity contribution in [3.8, 4) is 0 Å². The van der Waals surface area contributed by atoms with Gasteiger partial charge in [0.25, 0.3) is 17.5 Å². The normalized spacial score (nSPS) is 19.1. The minimum absolute atomic E-state index is 0.0649. The van der Waals surface area contributed by atoms with Gasteiger partial charge < -0.3 is 5.32 Å². The molecule has 13 heteroatoms. The van der Waals surface area contributed by atoms with Crippen LogP contribution in [-0.4, -0.2) is 49.5 Å². The minimum Gasteiger partial charge on any atom is -0.314 e. The summed E-state index contributed by atoms with van der Waals surface area (Å²) in [5.74, 6) is -2.88. The molecule has 1 aliphatic rings. The summed E-state index contributed by atoms with van der Waals surface area (Å²) in [6, 6.07) is 10.7. The van der Waals surface area contributed by atoms with E-state index in [-0.39, 0.29) is 16.9 Å². The van der Waals surface area contributed by atoms with Gasteiger partial charge in [0, 0.05) is 12.1 Å². The number of halogens is 3. The fourth-order valence-electron chi connectivity index (χ4n) is 3.05. The summed E-state index contributed by atoms with van der Waals surface area (Å²) in [6.45, 7) is -0.446. The number of hydrogen-bond acceptors (Lipinski definition) is 5. The molecule has 0 spiro atoms. The Bertz CT molecular complexity index is 1150. The molecule has 3 rings (SSSR count). The molecule has 1 atom stereocenters. The molecule has 0 saturated carbocycles. The summed E-state index contributed by atoms with van der Waals surface area (Å²) in [5, 5.41) is 8.17. The number of carbonyl (C=O) groups is 3. The second kappa shape index (κ2) is 8.24. The van der Waals surface area contributed by atoms with Gasteiger partial charge in [-0.25, -0.2) is 18.4 Å². The first-order chi connectivity index (χ1) is 14.8. The number of urea groups is 1. The molecule has 4 N–H and O–H groups in total. The van der Waals surface area contributed by atoms with Crippen molar-refractivity contribution in [2.75, 3.05) is 6.54 Å². The van der Waals surface area contributed by atoms with Gasteiger partial charge in [0.15, 0.2) is 0 Å². The second-order valence-corrected chi connectivity index (χ2v) is 8.46. The monoisotopic (exact) mass is 470 g/mol. The number of nitrogens with zero attached hydrogens (tertiary/aromatic N) is 1. The Morgan fingerprint density at radius 2 is 1.66 bits per heavy atom. The highest BCUT2D eigenvalue weighted by Crippen LogP contribution is 2.34. The van der Waals surface area contributed by atoms with Crippen LogP contribution in [0.5, 0.6) is 0 Å². The Morgan fingerprint density at radius 3 is 2.19 bits per heavy atom. The molecule has 1 saturated heterocycles. The summed E-state index contributed by atoms with van der Waals surface area (Å²) in [7, 11) is -3.93. The number of hydrogen-bond donors (Lipinski definition) is 3. The molecule has 4 amide bonds. The van der Waals surface area contributed by atoms with Gasteiger partial charge in [-0.2, -0.15) is 13.2 Å². The van der Waals surface area contributed by atoms with Crippen LogP contribution in [0, 0.1) is 0 Å². The highest BCUT2D eigenvalue weighted by molar-refractivity contribution is 7.89. The molecule has 9 nitrogen and oxygen atoms in total. The minimum atomic E-state index is -5.32. The van der Waals surface area contributed by atoms with Crippen LogP contribution in [0.2, 0.25) is 0 Å². The van der Waals surface area contributed by atoms with Gasteiger partial charge in [-0.3, -0.25) is 19.8 Å². The maximum Gasteiger partial charge on any atom is 0.440 e. The summed E-state index contributed by atoms with van der Waals surface area (Å²) in [6.07, 6.45) is -5.39. The van der Waals surface area contributed by atoms with Crippen molar-refractivity contribution in [3.63, 3.8) is 0 Å². The smallest absolute Gasteiger partial charge is 0.314 e. The van der Waals surface area contributed by atoms with Crippen LogP contribution in [0.1, 0.15) is 15.9 Å². The van der Waals surface area contributed by atoms with Gasteiger partial charge in [-0.05, 0) is 36.2 Å². The Morgan fingerprint density at radius 1 is 1.06 bits per heavy atom. The zero-order valence-corrected chi connectivity index (χ0v) is 17.0. The molecule has 1 aliphatic heterocycles. The number of alkyl halides is 3. The molecule has 1 heterocycles. The molecular formula is C19H17F3N4O5S. The second-order valence-electron chi connectivity index (χ2n) is 6.89. The SMILES string of the molecule is NS(=O)(=O)c1ccc(CCN2C(=O)N[C@](NC(=O)c3ccccc3)(C(F)(F)F)C2=O)cc1. The van der Waals surface area contributed by atoms with E-state index in [9.17, 15) is 36.0 Å². The van der Waals surface area contributed by atoms with Crippen LogP contribution in [0.4, 0.5) is 18.0 Å². The Labute approximate surface area is 180 Å². The van der Waals surface area contributed by atoms with Crippen LogP contribution < -0.4 is 15.8 Å². The van der Waals surface area contributed by atoms with E-state index in [1.165, 1.54) is 48.5 Å². The first-order valence-corrected chi connectivity index (χ1v) is 10.6. The number of benzene rings is 2. The average molecular weight is 470 g/mol. The molecule has 1 fully saturated rings. The molecule has 170 valence electrons.